The van der Waals surface area contributed by atoms with Gasteiger partial charge in [0.1, 0.15) is 5.82 Å². The van der Waals surface area contributed by atoms with Gasteiger partial charge < -0.3 is 10.1 Å². The number of carbonyl (C=O) groups excluding carboxylic acids is 1. The first-order valence-corrected chi connectivity index (χ1v) is 7.32. The molecule has 1 heterocycles. The minimum atomic E-state index is -0.506. The molecule has 1 amide bonds. The summed E-state index contributed by atoms with van der Waals surface area (Å²) in [4.78, 5) is 12.1. The van der Waals surface area contributed by atoms with Crippen molar-refractivity contribution in [3.05, 3.63) is 34.1 Å². The van der Waals surface area contributed by atoms with E-state index in [1.807, 2.05) is 0 Å². The van der Waals surface area contributed by atoms with Crippen molar-refractivity contribution in [2.45, 2.75) is 31.4 Å². The molecule has 0 spiro atoms. The maximum absolute atomic E-state index is 13.7. The number of benzene rings is 1. The van der Waals surface area contributed by atoms with Crippen molar-refractivity contribution in [1.82, 2.24) is 5.32 Å². The monoisotopic (exact) mass is 327 g/mol. The van der Waals surface area contributed by atoms with Crippen LogP contribution in [0.25, 0.3) is 0 Å². The number of amides is 1. The van der Waals surface area contributed by atoms with Crippen molar-refractivity contribution in [1.29, 1.82) is 0 Å². The maximum atomic E-state index is 13.7. The van der Waals surface area contributed by atoms with Gasteiger partial charge in [0, 0.05) is 11.1 Å². The number of hydrogen-bond donors (Lipinski definition) is 1. The molecule has 1 N–H and O–H groups in total. The number of rotatable bonds is 3. The number of nitrogens with one attached hydrogen (secondary N) is 1. The highest BCUT2D eigenvalue weighted by Gasteiger charge is 2.41. The molecule has 0 aromatic heterocycles. The Morgan fingerprint density at radius 3 is 2.84 bits per heavy atom. The van der Waals surface area contributed by atoms with E-state index in [0.29, 0.717) is 17.0 Å². The largest absolute Gasteiger partial charge is 0.376 e. The first-order chi connectivity index (χ1) is 9.15. The third kappa shape index (κ3) is 2.82. The van der Waals surface area contributed by atoms with Crippen molar-refractivity contribution < 1.29 is 13.9 Å². The SMILES string of the molecule is O=C(NC1CCOC1C1CC1)c1ccc(Br)cc1F. The zero-order chi connectivity index (χ0) is 13.4. The number of ether oxygens (including phenoxy) is 1. The van der Waals surface area contributed by atoms with E-state index in [4.69, 9.17) is 4.74 Å². The summed E-state index contributed by atoms with van der Waals surface area (Å²) in [7, 11) is 0. The molecule has 0 radical (unpaired) electrons. The number of halogens is 2. The van der Waals surface area contributed by atoms with Crippen LogP contribution in [0.15, 0.2) is 22.7 Å². The number of carbonyl (C=O) groups is 1. The molecular formula is C14H15BrFNO2. The fourth-order valence-corrected chi connectivity index (χ4v) is 2.91. The Morgan fingerprint density at radius 2 is 2.16 bits per heavy atom. The van der Waals surface area contributed by atoms with Crippen molar-refractivity contribution in [3.63, 3.8) is 0 Å². The topological polar surface area (TPSA) is 38.3 Å². The molecule has 2 aliphatic rings. The molecule has 1 saturated carbocycles. The standard InChI is InChI=1S/C14H15BrFNO2/c15-9-3-4-10(11(16)7-9)14(18)17-12-5-6-19-13(12)8-1-2-8/h3-4,7-8,12-13H,1-2,5-6H2,(H,17,18). The molecule has 1 aliphatic carbocycles. The van der Waals surface area contributed by atoms with E-state index in [2.05, 4.69) is 21.2 Å². The lowest BCUT2D eigenvalue weighted by Crippen LogP contribution is -2.41. The van der Waals surface area contributed by atoms with Crippen LogP contribution in [-0.2, 0) is 4.74 Å². The molecule has 5 heteroatoms. The minimum Gasteiger partial charge on any atom is -0.376 e. The van der Waals surface area contributed by atoms with Gasteiger partial charge in [-0.25, -0.2) is 4.39 Å². The molecule has 2 fully saturated rings. The summed E-state index contributed by atoms with van der Waals surface area (Å²) in [6, 6.07) is 4.49. The van der Waals surface area contributed by atoms with Crippen molar-refractivity contribution in [2.75, 3.05) is 6.61 Å². The predicted molar refractivity (Wildman–Crippen MR) is 72.4 cm³/mol. The van der Waals surface area contributed by atoms with Gasteiger partial charge in [-0.15, -0.1) is 0 Å². The van der Waals surface area contributed by atoms with Crippen LogP contribution in [0.1, 0.15) is 29.6 Å². The van der Waals surface area contributed by atoms with Crippen molar-refractivity contribution in [3.8, 4) is 0 Å². The summed E-state index contributed by atoms with van der Waals surface area (Å²) in [6.45, 7) is 0.676. The van der Waals surface area contributed by atoms with E-state index in [9.17, 15) is 9.18 Å². The van der Waals surface area contributed by atoms with Crippen LogP contribution in [0.2, 0.25) is 0 Å². The highest BCUT2D eigenvalue weighted by molar-refractivity contribution is 9.10. The molecule has 102 valence electrons. The fourth-order valence-electron chi connectivity index (χ4n) is 2.57. The van der Waals surface area contributed by atoms with E-state index in [1.165, 1.54) is 25.0 Å². The van der Waals surface area contributed by atoms with E-state index in [-0.39, 0.29) is 23.6 Å². The molecule has 1 aromatic carbocycles. The molecule has 2 unspecified atom stereocenters. The van der Waals surface area contributed by atoms with Crippen molar-refractivity contribution >= 4 is 21.8 Å². The average Bonchev–Trinajstić information content (AvgIpc) is 3.10. The van der Waals surface area contributed by atoms with Crippen LogP contribution in [0.4, 0.5) is 4.39 Å². The van der Waals surface area contributed by atoms with E-state index >= 15 is 0 Å². The lowest BCUT2D eigenvalue weighted by molar-refractivity contribution is 0.0727. The molecule has 1 aliphatic heterocycles. The molecule has 19 heavy (non-hydrogen) atoms. The van der Waals surface area contributed by atoms with Crippen LogP contribution < -0.4 is 5.32 Å². The maximum Gasteiger partial charge on any atom is 0.254 e. The third-order valence-corrected chi connectivity index (χ3v) is 4.21. The normalized spacial score (nSPS) is 26.4. The molecule has 1 aromatic rings. The van der Waals surface area contributed by atoms with Gasteiger partial charge in [0.2, 0.25) is 0 Å². The first-order valence-electron chi connectivity index (χ1n) is 6.52. The first kappa shape index (κ1) is 13.1. The summed E-state index contributed by atoms with van der Waals surface area (Å²) in [5.74, 6) is -0.289. The molecule has 3 rings (SSSR count). The summed E-state index contributed by atoms with van der Waals surface area (Å²) in [5, 5.41) is 2.91. The van der Waals surface area contributed by atoms with Gasteiger partial charge in [-0.3, -0.25) is 4.79 Å². The lowest BCUT2D eigenvalue weighted by Gasteiger charge is -2.19. The zero-order valence-electron chi connectivity index (χ0n) is 10.4. The Kier molecular flexibility index (Phi) is 3.58. The molecule has 0 bridgehead atoms. The zero-order valence-corrected chi connectivity index (χ0v) is 12.0. The third-order valence-electron chi connectivity index (χ3n) is 3.71. The van der Waals surface area contributed by atoms with Gasteiger partial charge in [0.15, 0.2) is 0 Å². The van der Waals surface area contributed by atoms with E-state index in [0.717, 1.165) is 6.42 Å². The highest BCUT2D eigenvalue weighted by Crippen LogP contribution is 2.38. The molecular weight excluding hydrogens is 313 g/mol. The smallest absolute Gasteiger partial charge is 0.254 e. The van der Waals surface area contributed by atoms with Gasteiger partial charge in [-0.2, -0.15) is 0 Å². The van der Waals surface area contributed by atoms with Crippen molar-refractivity contribution in [2.24, 2.45) is 5.92 Å². The van der Waals surface area contributed by atoms with Gasteiger partial charge in [-0.05, 0) is 43.4 Å². The van der Waals surface area contributed by atoms with Crippen LogP contribution in [0.3, 0.4) is 0 Å². The predicted octanol–water partition coefficient (Wildman–Crippen LogP) is 2.89. The highest BCUT2D eigenvalue weighted by atomic mass is 79.9. The Balaban J connectivity index is 1.70. The van der Waals surface area contributed by atoms with Crippen LogP contribution >= 0.6 is 15.9 Å². The Bertz CT molecular complexity index is 504. The summed E-state index contributed by atoms with van der Waals surface area (Å²) < 4.78 is 20.0. The average molecular weight is 328 g/mol. The fraction of sp³-hybridized carbons (Fsp3) is 0.500. The second kappa shape index (κ2) is 5.21. The summed E-state index contributed by atoms with van der Waals surface area (Å²) in [6.07, 6.45) is 3.26. The van der Waals surface area contributed by atoms with E-state index < -0.39 is 5.82 Å². The van der Waals surface area contributed by atoms with Gasteiger partial charge in [0.05, 0.1) is 17.7 Å². The van der Waals surface area contributed by atoms with Crippen LogP contribution in [-0.4, -0.2) is 24.7 Å². The van der Waals surface area contributed by atoms with Gasteiger partial charge in [-0.1, -0.05) is 15.9 Å². The Hall–Kier alpha value is -0.940. The second-order valence-corrected chi connectivity index (χ2v) is 6.08. The summed E-state index contributed by atoms with van der Waals surface area (Å²) >= 11 is 3.18. The van der Waals surface area contributed by atoms with E-state index in [1.54, 1.807) is 6.07 Å². The number of hydrogen-bond acceptors (Lipinski definition) is 2. The molecule has 2 atom stereocenters. The quantitative estimate of drug-likeness (QED) is 0.927. The lowest BCUT2D eigenvalue weighted by atomic mass is 10.1. The minimum absolute atomic E-state index is 0.0167. The van der Waals surface area contributed by atoms with Crippen LogP contribution in [0, 0.1) is 11.7 Å². The molecule has 3 nitrogen and oxygen atoms in total. The summed E-state index contributed by atoms with van der Waals surface area (Å²) in [5.41, 5.74) is 0.0876. The van der Waals surface area contributed by atoms with Gasteiger partial charge >= 0.3 is 0 Å². The second-order valence-electron chi connectivity index (χ2n) is 5.17. The van der Waals surface area contributed by atoms with Gasteiger partial charge in [0.25, 0.3) is 5.91 Å². The van der Waals surface area contributed by atoms with Crippen LogP contribution in [0.5, 0.6) is 0 Å². The molecule has 1 saturated heterocycles. The Labute approximate surface area is 119 Å². The Morgan fingerprint density at radius 1 is 1.37 bits per heavy atom.